The number of hydrogen-bond acceptors (Lipinski definition) is 3. The third-order valence-corrected chi connectivity index (χ3v) is 7.79. The summed E-state index contributed by atoms with van der Waals surface area (Å²) in [7, 11) is 0. The third kappa shape index (κ3) is 4.19. The zero-order chi connectivity index (χ0) is 22.5. The summed E-state index contributed by atoms with van der Waals surface area (Å²) >= 11 is 0. The second-order valence-corrected chi connectivity index (χ2v) is 9.69. The molecule has 4 bridgehead atoms. The highest BCUT2D eigenvalue weighted by atomic mass is 19.4. The van der Waals surface area contributed by atoms with Gasteiger partial charge in [0.2, 0.25) is 6.10 Å². The lowest BCUT2D eigenvalue weighted by atomic mass is 9.49. The van der Waals surface area contributed by atoms with Gasteiger partial charge in [-0.05, 0) is 75.5 Å². The maximum Gasteiger partial charge on any atom is 0.423 e. The van der Waals surface area contributed by atoms with Crippen LogP contribution in [0.4, 0.5) is 26.3 Å². The number of carbonyl (C=O) groups is 1. The van der Waals surface area contributed by atoms with Crippen molar-refractivity contribution >= 4 is 5.97 Å². The van der Waals surface area contributed by atoms with Gasteiger partial charge in [-0.3, -0.25) is 4.79 Å². The maximum atomic E-state index is 13.1. The van der Waals surface area contributed by atoms with E-state index < -0.39 is 42.0 Å². The van der Waals surface area contributed by atoms with E-state index in [1.54, 1.807) is 0 Å². The Kier molecular flexibility index (Phi) is 6.20. The van der Waals surface area contributed by atoms with Crippen molar-refractivity contribution in [1.29, 1.82) is 0 Å². The minimum atomic E-state index is -5.61. The molecule has 30 heavy (non-hydrogen) atoms. The number of carbonyl (C=O) groups excluding carboxylic acids is 1. The normalized spacial score (nSPS) is 35.5. The van der Waals surface area contributed by atoms with Gasteiger partial charge in [0, 0.05) is 0 Å². The fraction of sp³-hybridized carbons (Fsp3) is 0.952. The molecule has 0 spiro atoms. The Morgan fingerprint density at radius 2 is 1.40 bits per heavy atom. The standard InChI is InChI=1S/C21H30F6O3/c1-4-18(3,11-29-16(20(22,23)24)21(25,26)27)17(28)30-19(5-2)14-7-12-6-13(9-14)10-15(19)8-12/h12-16H,4-11H2,1-3H3. The molecular weight excluding hydrogens is 414 g/mol. The molecule has 4 aliphatic carbocycles. The number of esters is 1. The third-order valence-electron chi connectivity index (χ3n) is 7.79. The van der Waals surface area contributed by atoms with Crippen LogP contribution in [0.25, 0.3) is 0 Å². The molecule has 4 rings (SSSR count). The van der Waals surface area contributed by atoms with Crippen molar-refractivity contribution < 1.29 is 40.6 Å². The van der Waals surface area contributed by atoms with Crippen LogP contribution in [0.5, 0.6) is 0 Å². The van der Waals surface area contributed by atoms with E-state index in [0.717, 1.165) is 25.7 Å². The lowest BCUT2D eigenvalue weighted by molar-refractivity contribution is -0.326. The molecule has 9 heteroatoms. The van der Waals surface area contributed by atoms with Gasteiger partial charge in [-0.2, -0.15) is 26.3 Å². The molecule has 0 amide bonds. The van der Waals surface area contributed by atoms with Gasteiger partial charge >= 0.3 is 18.3 Å². The molecule has 0 aromatic heterocycles. The van der Waals surface area contributed by atoms with Crippen LogP contribution in [0.2, 0.25) is 0 Å². The van der Waals surface area contributed by atoms with Gasteiger partial charge in [0.25, 0.3) is 0 Å². The fourth-order valence-corrected chi connectivity index (χ4v) is 6.04. The summed E-state index contributed by atoms with van der Waals surface area (Å²) in [5, 5.41) is 0. The first kappa shape index (κ1) is 23.7. The van der Waals surface area contributed by atoms with Crippen LogP contribution in [0.15, 0.2) is 0 Å². The molecule has 0 aromatic carbocycles. The molecule has 0 heterocycles. The van der Waals surface area contributed by atoms with E-state index in [0.29, 0.717) is 18.3 Å². The Morgan fingerprint density at radius 3 is 1.77 bits per heavy atom. The van der Waals surface area contributed by atoms with Gasteiger partial charge in [0.1, 0.15) is 5.60 Å². The maximum absolute atomic E-state index is 13.1. The van der Waals surface area contributed by atoms with Crippen LogP contribution in [0.1, 0.15) is 65.7 Å². The molecule has 0 aromatic rings. The van der Waals surface area contributed by atoms with E-state index in [4.69, 9.17) is 4.74 Å². The van der Waals surface area contributed by atoms with Crippen molar-refractivity contribution in [3.8, 4) is 0 Å². The Morgan fingerprint density at radius 1 is 0.933 bits per heavy atom. The molecular formula is C21H30F6O3. The first-order valence-electron chi connectivity index (χ1n) is 10.7. The van der Waals surface area contributed by atoms with E-state index >= 15 is 0 Å². The summed E-state index contributed by atoms with van der Waals surface area (Å²) < 4.78 is 87.2. The molecule has 1 atom stereocenters. The largest absolute Gasteiger partial charge is 0.458 e. The van der Waals surface area contributed by atoms with Crippen molar-refractivity contribution in [3.63, 3.8) is 0 Å². The lowest BCUT2D eigenvalue weighted by Crippen LogP contribution is -2.60. The molecule has 0 saturated heterocycles. The number of alkyl halides is 6. The minimum absolute atomic E-state index is 0.00858. The van der Waals surface area contributed by atoms with Gasteiger partial charge in [0.05, 0.1) is 12.0 Å². The lowest BCUT2D eigenvalue weighted by Gasteiger charge is -2.60. The van der Waals surface area contributed by atoms with Gasteiger partial charge < -0.3 is 9.47 Å². The topological polar surface area (TPSA) is 35.5 Å². The average molecular weight is 444 g/mol. The summed E-state index contributed by atoms with van der Waals surface area (Å²) in [4.78, 5) is 13.1. The number of halogens is 6. The molecule has 4 saturated carbocycles. The summed E-state index contributed by atoms with van der Waals surface area (Å²) in [6.45, 7) is 3.79. The fourth-order valence-electron chi connectivity index (χ4n) is 6.04. The summed E-state index contributed by atoms with van der Waals surface area (Å²) in [6.07, 6.45) is -9.45. The molecule has 174 valence electrons. The van der Waals surface area contributed by atoms with Crippen molar-refractivity contribution in [3.05, 3.63) is 0 Å². The van der Waals surface area contributed by atoms with Gasteiger partial charge in [0.15, 0.2) is 0 Å². The Hall–Kier alpha value is -0.990. The first-order valence-corrected chi connectivity index (χ1v) is 10.7. The number of ether oxygens (including phenoxy) is 2. The van der Waals surface area contributed by atoms with E-state index in [2.05, 4.69) is 4.74 Å². The Balaban J connectivity index is 1.75. The summed E-state index contributed by atoms with van der Waals surface area (Å²) in [5.41, 5.74) is -2.26. The van der Waals surface area contributed by atoms with Crippen LogP contribution >= 0.6 is 0 Å². The van der Waals surface area contributed by atoms with Gasteiger partial charge in [-0.25, -0.2) is 0 Å². The number of rotatable bonds is 7. The van der Waals surface area contributed by atoms with Crippen LogP contribution in [0, 0.1) is 29.1 Å². The minimum Gasteiger partial charge on any atom is -0.458 e. The molecule has 1 unspecified atom stereocenters. The van der Waals surface area contributed by atoms with Gasteiger partial charge in [-0.1, -0.05) is 13.8 Å². The quantitative estimate of drug-likeness (QED) is 0.354. The molecule has 0 aliphatic heterocycles. The smallest absolute Gasteiger partial charge is 0.423 e. The average Bonchev–Trinajstić information content (AvgIpc) is 2.61. The van der Waals surface area contributed by atoms with E-state index in [-0.39, 0.29) is 18.3 Å². The van der Waals surface area contributed by atoms with Crippen molar-refractivity contribution in [2.24, 2.45) is 29.1 Å². The molecule has 0 N–H and O–H groups in total. The van der Waals surface area contributed by atoms with Crippen LogP contribution in [0.3, 0.4) is 0 Å². The molecule has 0 radical (unpaired) electrons. The van der Waals surface area contributed by atoms with Crippen LogP contribution in [-0.4, -0.2) is 36.6 Å². The highest BCUT2D eigenvalue weighted by Gasteiger charge is 2.61. The van der Waals surface area contributed by atoms with Crippen molar-refractivity contribution in [2.75, 3.05) is 6.61 Å². The molecule has 4 aliphatic rings. The first-order chi connectivity index (χ1) is 13.7. The predicted octanol–water partition coefficient (Wildman–Crippen LogP) is 6.06. The Labute approximate surface area is 172 Å². The van der Waals surface area contributed by atoms with E-state index in [9.17, 15) is 31.1 Å². The molecule has 4 fully saturated rings. The highest BCUT2D eigenvalue weighted by Crippen LogP contribution is 2.61. The van der Waals surface area contributed by atoms with Crippen molar-refractivity contribution in [1.82, 2.24) is 0 Å². The molecule has 3 nitrogen and oxygen atoms in total. The Bertz CT molecular complexity index is 602. The predicted molar refractivity (Wildman–Crippen MR) is 96.4 cm³/mol. The van der Waals surface area contributed by atoms with Crippen molar-refractivity contribution in [2.45, 2.75) is 89.8 Å². The summed E-state index contributed by atoms with van der Waals surface area (Å²) in [6, 6.07) is 0. The SMILES string of the molecule is CCC(C)(COC(C(F)(F)F)C(F)(F)F)C(=O)OC1(CC)C2CC3CC(C2)CC1C3. The highest BCUT2D eigenvalue weighted by molar-refractivity contribution is 5.77. The van der Waals surface area contributed by atoms with E-state index in [1.807, 2.05) is 6.92 Å². The monoisotopic (exact) mass is 444 g/mol. The zero-order valence-corrected chi connectivity index (χ0v) is 17.5. The number of hydrogen-bond donors (Lipinski definition) is 0. The van der Waals surface area contributed by atoms with E-state index in [1.165, 1.54) is 20.3 Å². The van der Waals surface area contributed by atoms with Crippen LogP contribution in [-0.2, 0) is 14.3 Å². The van der Waals surface area contributed by atoms with Gasteiger partial charge in [-0.15, -0.1) is 0 Å². The zero-order valence-electron chi connectivity index (χ0n) is 17.5. The van der Waals surface area contributed by atoms with Crippen LogP contribution < -0.4 is 0 Å². The second kappa shape index (κ2) is 7.85. The summed E-state index contributed by atoms with van der Waals surface area (Å²) in [5.74, 6) is 0.922. The second-order valence-electron chi connectivity index (χ2n) is 9.69.